The zero-order valence-corrected chi connectivity index (χ0v) is 50.2. The van der Waals surface area contributed by atoms with Crippen molar-refractivity contribution in [3.63, 3.8) is 0 Å². The quantitative estimate of drug-likeness (QED) is 0.0502. The summed E-state index contributed by atoms with van der Waals surface area (Å²) in [6.45, 7) is 0. The van der Waals surface area contributed by atoms with E-state index in [0.29, 0.717) is 51.6 Å². The number of halogens is 4. The molecule has 2 N–H and O–H groups in total. The predicted molar refractivity (Wildman–Crippen MR) is 301 cm³/mol. The predicted octanol–water partition coefficient (Wildman–Crippen LogP) is 8.98. The summed E-state index contributed by atoms with van der Waals surface area (Å²) < 4.78 is 56.1. The molecule has 0 saturated carbocycles. The summed E-state index contributed by atoms with van der Waals surface area (Å²) in [6.07, 6.45) is 0. The number of benzene rings is 6. The van der Waals surface area contributed by atoms with Crippen molar-refractivity contribution in [2.75, 3.05) is 42.7 Å². The summed E-state index contributed by atoms with van der Waals surface area (Å²) in [4.78, 5) is 107. The third-order valence-electron chi connectivity index (χ3n) is 14.4. The third-order valence-corrected chi connectivity index (χ3v) is 16.4. The van der Waals surface area contributed by atoms with E-state index in [-0.39, 0.29) is 34.1 Å². The largest absolute Gasteiger partial charge is 0.497 e. The van der Waals surface area contributed by atoms with Crippen LogP contribution in [-0.2, 0) is 47.7 Å². The van der Waals surface area contributed by atoms with Gasteiger partial charge in [-0.3, -0.25) is 20.2 Å². The number of hydrogen-bond donors (Lipinski definition) is 2. The topological polar surface area (TPSA) is 253 Å². The number of hydrogen-bond acceptors (Lipinski definition) is 20. The first-order valence-electron chi connectivity index (χ1n) is 24.5. The number of fused-ring (bicyclic) bond motifs is 6. The average Bonchev–Trinajstić information content (AvgIpc) is 1.92. The molecule has 20 nitrogen and oxygen atoms in total. The molecule has 2 saturated heterocycles. The van der Waals surface area contributed by atoms with Gasteiger partial charge in [-0.25, -0.2) is 28.8 Å². The minimum absolute atomic E-state index is 0.101. The lowest BCUT2D eigenvalue weighted by Gasteiger charge is -2.34. The molecule has 6 atom stereocenters. The molecule has 6 aromatic carbocycles. The average molecular weight is 1380 g/mol. The molecule has 0 unspecified atom stereocenters. The second kappa shape index (κ2) is 24.2. The Labute approximate surface area is 501 Å². The molecule has 0 bridgehead atoms. The van der Waals surface area contributed by atoms with Gasteiger partial charge in [-0.05, 0) is 121 Å². The molecule has 24 heteroatoms. The first-order chi connectivity index (χ1) is 39.3. The fraction of sp³-hybridized carbons (Fsp3) is 0.241. The van der Waals surface area contributed by atoms with Gasteiger partial charge in [0, 0.05) is 52.0 Å². The van der Waals surface area contributed by atoms with Crippen LogP contribution in [0.25, 0.3) is 0 Å². The van der Waals surface area contributed by atoms with E-state index >= 15 is 0 Å². The van der Waals surface area contributed by atoms with E-state index in [1.807, 2.05) is 0 Å². The van der Waals surface area contributed by atoms with Crippen LogP contribution in [0.1, 0.15) is 66.9 Å². The second-order valence-electron chi connectivity index (χ2n) is 18.6. The van der Waals surface area contributed by atoms with E-state index in [1.165, 1.54) is 14.2 Å². The SMILES string of the molecule is COC(=O)C1(C(=O)OC)N[C@@H](c2cc(Br)ccc2OC(=O)c2ccc(OC)cc2)[C@@H]2C(=O)Oc3ccc(Br)cc3[C@@H]21.COC(=O)C1(C(=O)OC)N[C@@H](c2cc(Br)ccc2OC(=O)c2ccc(OC)cc2)[C@@H]2C(=O)Oc3ccc(Br)cc3[C@@H]21. The number of nitrogens with one attached hydrogen (secondary N) is 2. The van der Waals surface area contributed by atoms with Gasteiger partial charge in [-0.1, -0.05) is 63.7 Å². The Morgan fingerprint density at radius 1 is 0.427 bits per heavy atom. The summed E-state index contributed by atoms with van der Waals surface area (Å²) in [5.74, 6) is -9.22. The Balaban J connectivity index is 0.000000198. The molecule has 2 fully saturated rings. The number of carbonyl (C=O) groups is 8. The molecule has 4 aliphatic rings. The highest BCUT2D eigenvalue weighted by Gasteiger charge is 2.70. The van der Waals surface area contributed by atoms with Gasteiger partial charge in [-0.2, -0.15) is 0 Å². The van der Waals surface area contributed by atoms with Gasteiger partial charge in [0.1, 0.15) is 34.5 Å². The lowest BCUT2D eigenvalue weighted by molar-refractivity contribution is -0.166. The molecule has 0 radical (unpaired) electrons. The Morgan fingerprint density at radius 2 is 0.732 bits per heavy atom. The lowest BCUT2D eigenvalue weighted by atomic mass is 9.72. The molecule has 0 spiro atoms. The molecule has 424 valence electrons. The molecule has 82 heavy (non-hydrogen) atoms. The minimum Gasteiger partial charge on any atom is -0.497 e. The van der Waals surface area contributed by atoms with Gasteiger partial charge in [0.05, 0.1) is 77.7 Å². The molecule has 4 heterocycles. The number of methoxy groups -OCH3 is 6. The highest BCUT2D eigenvalue weighted by Crippen LogP contribution is 2.58. The van der Waals surface area contributed by atoms with Crippen LogP contribution in [0.4, 0.5) is 0 Å². The Hall–Kier alpha value is -7.48. The normalized spacial score (nSPS) is 20.2. The van der Waals surface area contributed by atoms with Crippen molar-refractivity contribution in [3.8, 4) is 34.5 Å². The van der Waals surface area contributed by atoms with Gasteiger partial charge in [0.25, 0.3) is 0 Å². The van der Waals surface area contributed by atoms with Crippen molar-refractivity contribution in [2.45, 2.75) is 35.0 Å². The van der Waals surface area contributed by atoms with Crippen molar-refractivity contribution in [3.05, 3.63) is 173 Å². The van der Waals surface area contributed by atoms with Gasteiger partial charge in [-0.15, -0.1) is 0 Å². The van der Waals surface area contributed by atoms with Gasteiger partial charge in [0.2, 0.25) is 11.1 Å². The standard InChI is InChI=1S/2C29H23Br2NO9/c2*1-37-17-8-4-14(5-9-17)25(33)40-21-11-7-16(31)13-19(21)24-22-23(29(32-24,27(35)38-2)28(36)39-3)18-12-15(30)6-10-20(18)41-26(22)34/h2*4-13,22-24,32H,1-3H3/t2*22-,23+,24+/m11/s1. The van der Waals surface area contributed by atoms with Crippen molar-refractivity contribution in [2.24, 2.45) is 11.8 Å². The van der Waals surface area contributed by atoms with Gasteiger partial charge < -0.3 is 47.4 Å². The van der Waals surface area contributed by atoms with Crippen molar-refractivity contribution in [1.29, 1.82) is 0 Å². The van der Waals surface area contributed by atoms with Crippen LogP contribution < -0.4 is 39.1 Å². The van der Waals surface area contributed by atoms with E-state index in [1.54, 1.807) is 121 Å². The number of ether oxygens (including phenoxy) is 10. The fourth-order valence-corrected chi connectivity index (χ4v) is 12.3. The molecular weight excluding hydrogens is 1330 g/mol. The summed E-state index contributed by atoms with van der Waals surface area (Å²) in [7, 11) is 7.59. The first-order valence-corrected chi connectivity index (χ1v) is 27.7. The van der Waals surface area contributed by atoms with Crippen molar-refractivity contribution >= 4 is 111 Å². The van der Waals surface area contributed by atoms with Crippen LogP contribution in [-0.4, -0.2) is 101 Å². The maximum absolute atomic E-state index is 13.6. The van der Waals surface area contributed by atoms with Crippen LogP contribution in [0.15, 0.2) is 139 Å². The maximum Gasteiger partial charge on any atom is 0.343 e. The minimum atomic E-state index is -2.13. The lowest BCUT2D eigenvalue weighted by Crippen LogP contribution is -2.59. The summed E-state index contributed by atoms with van der Waals surface area (Å²) in [5, 5.41) is 6.11. The van der Waals surface area contributed by atoms with E-state index < -0.39 is 94.6 Å². The van der Waals surface area contributed by atoms with Crippen LogP contribution in [0.3, 0.4) is 0 Å². The van der Waals surface area contributed by atoms with Gasteiger partial charge in [0.15, 0.2) is 0 Å². The van der Waals surface area contributed by atoms with Crippen LogP contribution in [0.5, 0.6) is 34.5 Å². The number of rotatable bonds is 12. The molecule has 4 aliphatic heterocycles. The monoisotopic (exact) mass is 1370 g/mol. The molecule has 0 aromatic heterocycles. The van der Waals surface area contributed by atoms with Gasteiger partial charge >= 0.3 is 47.8 Å². The zero-order chi connectivity index (χ0) is 58.9. The highest BCUT2D eigenvalue weighted by atomic mass is 79.9. The summed E-state index contributed by atoms with van der Waals surface area (Å²) in [5.41, 5.74) is -2.27. The molecule has 0 aliphatic carbocycles. The first kappa shape index (κ1) is 59.2. The molecular formula is C58H46Br4N2O18. The van der Waals surface area contributed by atoms with Crippen molar-refractivity contribution in [1.82, 2.24) is 10.6 Å². The number of carbonyl (C=O) groups excluding carboxylic acids is 8. The summed E-state index contributed by atoms with van der Waals surface area (Å²) in [6, 6.07) is 30.1. The van der Waals surface area contributed by atoms with Crippen LogP contribution in [0, 0.1) is 11.8 Å². The van der Waals surface area contributed by atoms with Crippen molar-refractivity contribution < 1.29 is 85.7 Å². The Kier molecular flexibility index (Phi) is 17.4. The van der Waals surface area contributed by atoms with E-state index in [4.69, 9.17) is 47.4 Å². The van der Waals surface area contributed by atoms with E-state index in [0.717, 1.165) is 28.4 Å². The second-order valence-corrected chi connectivity index (χ2v) is 22.3. The van der Waals surface area contributed by atoms with E-state index in [9.17, 15) is 38.4 Å². The molecule has 10 rings (SSSR count). The fourth-order valence-electron chi connectivity index (χ4n) is 10.8. The molecule has 0 amide bonds. The van der Waals surface area contributed by atoms with E-state index in [2.05, 4.69) is 74.4 Å². The summed E-state index contributed by atoms with van der Waals surface area (Å²) >= 11 is 13.7. The van der Waals surface area contributed by atoms with Crippen LogP contribution in [0.2, 0.25) is 0 Å². The smallest absolute Gasteiger partial charge is 0.343 e. The van der Waals surface area contributed by atoms with Crippen LogP contribution >= 0.6 is 63.7 Å². The highest BCUT2D eigenvalue weighted by molar-refractivity contribution is 9.11. The zero-order valence-electron chi connectivity index (χ0n) is 43.9. The Bertz CT molecular complexity index is 3310. The molecule has 6 aromatic rings. The Morgan fingerprint density at radius 3 is 1.04 bits per heavy atom. The maximum atomic E-state index is 13.6. The third kappa shape index (κ3) is 10.7. The number of esters is 8.